The monoisotopic (exact) mass is 818 g/mol. The zero-order valence-corrected chi connectivity index (χ0v) is 35.4. The first-order chi connectivity index (χ1) is 28.4. The summed E-state index contributed by atoms with van der Waals surface area (Å²) in [6.07, 6.45) is 11.4. The van der Waals surface area contributed by atoms with Crippen molar-refractivity contribution in [2.24, 2.45) is 0 Å². The van der Waals surface area contributed by atoms with E-state index >= 15 is 0 Å². The summed E-state index contributed by atoms with van der Waals surface area (Å²) in [5.74, 6) is -3.90. The van der Waals surface area contributed by atoms with Crippen LogP contribution in [0.2, 0.25) is 0 Å². The summed E-state index contributed by atoms with van der Waals surface area (Å²) < 4.78 is 0. The third-order valence-electron chi connectivity index (χ3n) is 10.5. The molecule has 0 saturated carbocycles. The lowest BCUT2D eigenvalue weighted by molar-refractivity contribution is 0.0971. The Morgan fingerprint density at radius 1 is 0.467 bits per heavy atom. The highest BCUT2D eigenvalue weighted by atomic mass is 16.3. The molecular formula is C50H58O10. The van der Waals surface area contributed by atoms with Gasteiger partial charge in [-0.3, -0.25) is 9.59 Å². The molecule has 4 aromatic rings. The van der Waals surface area contributed by atoms with Crippen LogP contribution in [0.3, 0.4) is 0 Å². The first-order valence-electron chi connectivity index (χ1n) is 20.2. The Morgan fingerprint density at radius 2 is 0.950 bits per heavy atom. The van der Waals surface area contributed by atoms with E-state index in [1.54, 1.807) is 6.07 Å². The Hall–Kier alpha value is -6.42. The van der Waals surface area contributed by atoms with Gasteiger partial charge in [-0.25, -0.2) is 0 Å². The number of aromatic hydroxyl groups is 8. The van der Waals surface area contributed by atoms with Crippen molar-refractivity contribution < 1.29 is 50.4 Å². The molecule has 0 aliphatic heterocycles. The maximum absolute atomic E-state index is 13.5. The van der Waals surface area contributed by atoms with E-state index in [1.807, 2.05) is 53.7 Å². The van der Waals surface area contributed by atoms with Gasteiger partial charge in [-0.05, 0) is 146 Å². The molecule has 10 nitrogen and oxygen atoms in total. The lowest BCUT2D eigenvalue weighted by Gasteiger charge is -2.21. The normalized spacial score (nSPS) is 11.7. The largest absolute Gasteiger partial charge is 0.508 e. The Labute approximate surface area is 352 Å². The highest BCUT2D eigenvalue weighted by Crippen LogP contribution is 2.47. The van der Waals surface area contributed by atoms with Gasteiger partial charge < -0.3 is 40.9 Å². The van der Waals surface area contributed by atoms with Crippen molar-refractivity contribution in [1.29, 1.82) is 0 Å². The van der Waals surface area contributed by atoms with E-state index in [4.69, 9.17) is 0 Å². The van der Waals surface area contributed by atoms with Gasteiger partial charge in [-0.15, -0.1) is 0 Å². The molecule has 0 heterocycles. The zero-order valence-electron chi connectivity index (χ0n) is 35.4. The number of allylic oxidation sites excluding steroid dienone is 8. The topological polar surface area (TPSA) is 196 Å². The highest BCUT2D eigenvalue weighted by Gasteiger charge is 2.25. The van der Waals surface area contributed by atoms with E-state index in [0.717, 1.165) is 49.0 Å². The van der Waals surface area contributed by atoms with Crippen LogP contribution in [0.4, 0.5) is 0 Å². The molecule has 0 saturated heterocycles. The predicted octanol–water partition coefficient (Wildman–Crippen LogP) is 11.1. The minimum Gasteiger partial charge on any atom is -0.508 e. The van der Waals surface area contributed by atoms with Crippen molar-refractivity contribution >= 4 is 11.6 Å². The van der Waals surface area contributed by atoms with Crippen LogP contribution in [0.25, 0.3) is 11.1 Å². The Kier molecular flexibility index (Phi) is 16.2. The molecule has 60 heavy (non-hydrogen) atoms. The van der Waals surface area contributed by atoms with Crippen molar-refractivity contribution in [3.63, 3.8) is 0 Å². The SMILES string of the molecule is CC(C)=CCCC(C)=CCc1c(CCC(=O)c2ccc(O)cc2O)cc(-c2cc(O)c(O)c(CC=C(C)CCC=C(C)C)c2CCC(=O)c2ccc(O)cc2O)c(O)c1O. The second kappa shape index (κ2) is 21.0. The summed E-state index contributed by atoms with van der Waals surface area (Å²) in [5, 5.41) is 86.6. The first-order valence-corrected chi connectivity index (χ1v) is 20.2. The molecule has 4 aromatic carbocycles. The molecule has 10 heteroatoms. The number of hydrogen-bond acceptors (Lipinski definition) is 10. The van der Waals surface area contributed by atoms with Crippen molar-refractivity contribution in [1.82, 2.24) is 0 Å². The van der Waals surface area contributed by atoms with Gasteiger partial charge in [0.05, 0.1) is 11.1 Å². The molecule has 0 unspecified atom stereocenters. The van der Waals surface area contributed by atoms with Gasteiger partial charge in [0.1, 0.15) is 23.0 Å². The summed E-state index contributed by atoms with van der Waals surface area (Å²) in [7, 11) is 0. The highest BCUT2D eigenvalue weighted by molar-refractivity contribution is 5.99. The fourth-order valence-corrected chi connectivity index (χ4v) is 7.11. The Morgan fingerprint density at radius 3 is 1.43 bits per heavy atom. The molecule has 0 bridgehead atoms. The molecule has 0 amide bonds. The molecule has 0 aliphatic carbocycles. The lowest BCUT2D eigenvalue weighted by atomic mass is 9.85. The molecule has 0 radical (unpaired) electrons. The molecule has 318 valence electrons. The molecule has 0 spiro atoms. The minimum atomic E-state index is -0.500. The van der Waals surface area contributed by atoms with Crippen molar-refractivity contribution in [2.75, 3.05) is 0 Å². The second-order valence-electron chi connectivity index (χ2n) is 15.9. The van der Waals surface area contributed by atoms with Crippen LogP contribution in [0.15, 0.2) is 95.1 Å². The first kappa shape index (κ1) is 46.3. The molecule has 0 atom stereocenters. The number of aryl methyl sites for hydroxylation is 1. The summed E-state index contributed by atoms with van der Waals surface area (Å²) in [4.78, 5) is 26.9. The second-order valence-corrected chi connectivity index (χ2v) is 15.9. The third-order valence-corrected chi connectivity index (χ3v) is 10.5. The number of carbonyl (C=O) groups is 2. The number of benzene rings is 4. The fourth-order valence-electron chi connectivity index (χ4n) is 7.11. The standard InChI is InChI=1S/C50H58O10/c1-29(2)9-7-11-31(5)13-18-36-33(15-23-43(53)39-20-16-34(51)26-45(39)55)25-42(50(60)49(36)59)41-28-47(57)48(58)38(19-14-32(6)12-8-10-30(3)4)37(41)22-24-44(54)40-21-17-35(52)27-46(40)56/h9-10,13-14,16-17,20-21,25-28,51-52,55-60H,7-8,11-12,15,18-19,22-24H2,1-6H3. The van der Waals surface area contributed by atoms with Gasteiger partial charge in [-0.2, -0.15) is 0 Å². The van der Waals surface area contributed by atoms with Crippen molar-refractivity contribution in [3.05, 3.63) is 129 Å². The van der Waals surface area contributed by atoms with Gasteiger partial charge in [-0.1, -0.05) is 46.6 Å². The van der Waals surface area contributed by atoms with E-state index in [9.17, 15) is 50.4 Å². The number of hydrogen-bond donors (Lipinski definition) is 8. The van der Waals surface area contributed by atoms with Crippen LogP contribution in [-0.2, 0) is 25.7 Å². The van der Waals surface area contributed by atoms with Gasteiger partial charge in [0, 0.05) is 41.7 Å². The maximum Gasteiger partial charge on any atom is 0.166 e. The molecular weight excluding hydrogens is 761 g/mol. The molecule has 8 N–H and O–H groups in total. The van der Waals surface area contributed by atoms with Crippen LogP contribution in [0, 0.1) is 0 Å². The van der Waals surface area contributed by atoms with Gasteiger partial charge in [0.15, 0.2) is 34.6 Å². The van der Waals surface area contributed by atoms with Gasteiger partial charge >= 0.3 is 0 Å². The number of Topliss-reactive ketones (excluding diaryl/α,β-unsaturated/α-hetero) is 2. The zero-order chi connectivity index (χ0) is 44.3. The number of phenolic OH excluding ortho intramolecular Hbond substituents is 8. The van der Waals surface area contributed by atoms with Crippen LogP contribution < -0.4 is 0 Å². The third kappa shape index (κ3) is 12.3. The van der Waals surface area contributed by atoms with Crippen molar-refractivity contribution in [2.45, 2.75) is 106 Å². The van der Waals surface area contributed by atoms with Gasteiger partial charge in [0.2, 0.25) is 0 Å². The fraction of sp³-hybridized carbons (Fsp3) is 0.320. The molecule has 4 rings (SSSR count). The van der Waals surface area contributed by atoms with E-state index in [0.29, 0.717) is 22.3 Å². The molecule has 0 aromatic heterocycles. The summed E-state index contributed by atoms with van der Waals surface area (Å²) in [6.45, 7) is 12.0. The number of rotatable bonds is 19. The molecule has 0 aliphatic rings. The predicted molar refractivity (Wildman–Crippen MR) is 236 cm³/mol. The molecule has 0 fully saturated rings. The quantitative estimate of drug-likeness (QED) is 0.0256. The van der Waals surface area contributed by atoms with E-state index in [2.05, 4.69) is 12.2 Å². The van der Waals surface area contributed by atoms with E-state index in [-0.39, 0.29) is 78.0 Å². The average Bonchev–Trinajstić information content (AvgIpc) is 3.17. The number of ketones is 2. The lowest BCUT2D eigenvalue weighted by Crippen LogP contribution is -2.07. The van der Waals surface area contributed by atoms with Crippen molar-refractivity contribution in [3.8, 4) is 57.1 Å². The summed E-state index contributed by atoms with van der Waals surface area (Å²) >= 11 is 0. The van der Waals surface area contributed by atoms with Gasteiger partial charge in [0.25, 0.3) is 0 Å². The van der Waals surface area contributed by atoms with E-state index in [1.165, 1.54) is 41.5 Å². The number of carbonyl (C=O) groups excluding carboxylic acids is 2. The Bertz CT molecular complexity index is 2350. The van der Waals surface area contributed by atoms with Crippen LogP contribution in [-0.4, -0.2) is 52.4 Å². The van der Waals surface area contributed by atoms with E-state index < -0.39 is 40.3 Å². The van der Waals surface area contributed by atoms with Crippen LogP contribution in [0.1, 0.15) is 123 Å². The Balaban J connectivity index is 1.89. The van der Waals surface area contributed by atoms with Crippen LogP contribution >= 0.6 is 0 Å². The maximum atomic E-state index is 13.5. The average molecular weight is 819 g/mol. The van der Waals surface area contributed by atoms with Crippen LogP contribution in [0.5, 0.6) is 46.0 Å². The summed E-state index contributed by atoms with van der Waals surface area (Å²) in [5.41, 5.74) is 6.34. The summed E-state index contributed by atoms with van der Waals surface area (Å²) in [6, 6.07) is 10.3. The minimum absolute atomic E-state index is 0.0107. The number of phenols is 8. The smallest absolute Gasteiger partial charge is 0.166 e.